The van der Waals surface area contributed by atoms with E-state index in [0.717, 1.165) is 16.5 Å². The zero-order chi connectivity index (χ0) is 14.7. The van der Waals surface area contributed by atoms with Gasteiger partial charge in [0, 0.05) is 22.7 Å². The van der Waals surface area contributed by atoms with Gasteiger partial charge in [0.2, 0.25) is 0 Å². The SMILES string of the molecule is CC#CC.CC(=O)c1c[nH]c2ccccc12.O=CO. The minimum absolute atomic E-state index is 0.104. The molecule has 4 heteroatoms. The van der Waals surface area contributed by atoms with Crippen molar-refractivity contribution in [2.75, 3.05) is 0 Å². The second kappa shape index (κ2) is 9.49. The Morgan fingerprint density at radius 1 is 1.26 bits per heavy atom. The highest BCUT2D eigenvalue weighted by molar-refractivity contribution is 6.06. The third kappa shape index (κ3) is 5.55. The molecule has 2 aromatic rings. The second-order valence-corrected chi connectivity index (χ2v) is 3.41. The molecule has 4 nitrogen and oxygen atoms in total. The quantitative estimate of drug-likeness (QED) is 0.469. The standard InChI is InChI=1S/C10H9NO.C4H6.CH2O2/c1-7(12)9-6-11-10-5-3-2-4-8(9)10;1-3-4-2;2-1-3/h2-6,11H,1H3;1-2H3;1H,(H,2,3). The van der Waals surface area contributed by atoms with Crippen LogP contribution in [0.3, 0.4) is 0 Å². The number of aromatic amines is 1. The molecule has 2 rings (SSSR count). The first-order valence-corrected chi connectivity index (χ1v) is 5.60. The number of para-hydroxylation sites is 1. The predicted octanol–water partition coefficient (Wildman–Crippen LogP) is 3.10. The van der Waals surface area contributed by atoms with E-state index in [9.17, 15) is 4.79 Å². The Morgan fingerprint density at radius 2 is 1.79 bits per heavy atom. The van der Waals surface area contributed by atoms with Gasteiger partial charge in [-0.25, -0.2) is 0 Å². The Bertz CT molecular complexity index is 582. The number of carboxylic acid groups (broad SMARTS) is 1. The van der Waals surface area contributed by atoms with Crippen LogP contribution in [0.2, 0.25) is 0 Å². The van der Waals surface area contributed by atoms with Crippen molar-refractivity contribution in [2.45, 2.75) is 20.8 Å². The van der Waals surface area contributed by atoms with Crippen molar-refractivity contribution in [1.29, 1.82) is 0 Å². The van der Waals surface area contributed by atoms with Crippen LogP contribution in [0.5, 0.6) is 0 Å². The summed E-state index contributed by atoms with van der Waals surface area (Å²) in [6.07, 6.45) is 1.76. The van der Waals surface area contributed by atoms with Crippen LogP contribution >= 0.6 is 0 Å². The molecule has 0 saturated heterocycles. The number of carbonyl (C=O) groups is 2. The average molecular weight is 259 g/mol. The maximum atomic E-state index is 11.1. The van der Waals surface area contributed by atoms with E-state index in [-0.39, 0.29) is 12.3 Å². The van der Waals surface area contributed by atoms with E-state index in [0.29, 0.717) is 0 Å². The van der Waals surface area contributed by atoms with Crippen LogP contribution in [-0.4, -0.2) is 22.3 Å². The molecule has 0 bridgehead atoms. The number of fused-ring (bicyclic) bond motifs is 1. The van der Waals surface area contributed by atoms with Gasteiger partial charge in [0.1, 0.15) is 0 Å². The summed E-state index contributed by atoms with van der Waals surface area (Å²) < 4.78 is 0. The molecule has 0 spiro atoms. The number of ketones is 1. The van der Waals surface area contributed by atoms with Crippen LogP contribution in [0, 0.1) is 11.8 Å². The lowest BCUT2D eigenvalue weighted by Crippen LogP contribution is -1.87. The molecule has 0 aliphatic carbocycles. The van der Waals surface area contributed by atoms with Crippen molar-refractivity contribution in [2.24, 2.45) is 0 Å². The van der Waals surface area contributed by atoms with Crippen molar-refractivity contribution >= 4 is 23.2 Å². The fraction of sp³-hybridized carbons (Fsp3) is 0.200. The highest BCUT2D eigenvalue weighted by atomic mass is 16.3. The molecular weight excluding hydrogens is 242 g/mol. The third-order valence-corrected chi connectivity index (χ3v) is 2.22. The first-order chi connectivity index (χ1) is 9.12. The van der Waals surface area contributed by atoms with Gasteiger partial charge >= 0.3 is 0 Å². The average Bonchev–Trinajstić information content (AvgIpc) is 2.84. The zero-order valence-corrected chi connectivity index (χ0v) is 11.2. The van der Waals surface area contributed by atoms with E-state index in [1.165, 1.54) is 0 Å². The highest BCUT2D eigenvalue weighted by Gasteiger charge is 2.05. The van der Waals surface area contributed by atoms with Crippen molar-refractivity contribution < 1.29 is 14.7 Å². The second-order valence-electron chi connectivity index (χ2n) is 3.41. The van der Waals surface area contributed by atoms with Gasteiger partial charge < -0.3 is 10.1 Å². The minimum Gasteiger partial charge on any atom is -0.483 e. The number of aromatic nitrogens is 1. The maximum absolute atomic E-state index is 11.1. The molecule has 1 heterocycles. The Morgan fingerprint density at radius 3 is 2.26 bits per heavy atom. The van der Waals surface area contributed by atoms with Crippen molar-refractivity contribution in [1.82, 2.24) is 4.98 Å². The van der Waals surface area contributed by atoms with Crippen LogP contribution < -0.4 is 0 Å². The van der Waals surface area contributed by atoms with Gasteiger partial charge in [-0.15, -0.1) is 11.8 Å². The molecule has 19 heavy (non-hydrogen) atoms. The summed E-state index contributed by atoms with van der Waals surface area (Å²) in [6.45, 7) is 4.97. The Kier molecular flexibility index (Phi) is 8.22. The number of hydrogen-bond acceptors (Lipinski definition) is 2. The van der Waals surface area contributed by atoms with Crippen LogP contribution in [0.4, 0.5) is 0 Å². The van der Waals surface area contributed by atoms with Gasteiger partial charge in [0.15, 0.2) is 5.78 Å². The van der Waals surface area contributed by atoms with E-state index in [1.54, 1.807) is 13.1 Å². The lowest BCUT2D eigenvalue weighted by Gasteiger charge is -1.90. The Balaban J connectivity index is 0.000000393. The number of benzene rings is 1. The van der Waals surface area contributed by atoms with E-state index >= 15 is 0 Å². The summed E-state index contributed by atoms with van der Waals surface area (Å²) in [5.41, 5.74) is 1.79. The molecule has 0 aliphatic rings. The molecule has 1 aromatic carbocycles. The fourth-order valence-electron chi connectivity index (χ4n) is 1.36. The lowest BCUT2D eigenvalue weighted by molar-refractivity contribution is -0.122. The minimum atomic E-state index is -0.250. The fourth-order valence-corrected chi connectivity index (χ4v) is 1.36. The van der Waals surface area contributed by atoms with Crippen LogP contribution in [0.15, 0.2) is 30.5 Å². The van der Waals surface area contributed by atoms with Crippen LogP contribution in [-0.2, 0) is 4.79 Å². The third-order valence-electron chi connectivity index (χ3n) is 2.22. The lowest BCUT2D eigenvalue weighted by atomic mass is 10.1. The molecule has 0 amide bonds. The number of carbonyl (C=O) groups excluding carboxylic acids is 1. The van der Waals surface area contributed by atoms with Gasteiger partial charge in [0.05, 0.1) is 0 Å². The molecule has 0 aliphatic heterocycles. The van der Waals surface area contributed by atoms with Gasteiger partial charge in [-0.05, 0) is 26.8 Å². The predicted molar refractivity (Wildman–Crippen MR) is 76.1 cm³/mol. The summed E-state index contributed by atoms with van der Waals surface area (Å²) >= 11 is 0. The van der Waals surface area contributed by atoms with Gasteiger partial charge in [0.25, 0.3) is 6.47 Å². The van der Waals surface area contributed by atoms with Gasteiger partial charge in [-0.2, -0.15) is 0 Å². The summed E-state index contributed by atoms with van der Waals surface area (Å²) in [5, 5.41) is 7.89. The van der Waals surface area contributed by atoms with E-state index in [2.05, 4.69) is 16.8 Å². The topological polar surface area (TPSA) is 70.2 Å². The Hall–Kier alpha value is -2.54. The summed E-state index contributed by atoms with van der Waals surface area (Å²) in [4.78, 5) is 22.5. The molecule has 100 valence electrons. The highest BCUT2D eigenvalue weighted by Crippen LogP contribution is 2.17. The molecular formula is C15H17NO3. The molecule has 2 N–H and O–H groups in total. The van der Waals surface area contributed by atoms with Crippen LogP contribution in [0.25, 0.3) is 10.9 Å². The van der Waals surface area contributed by atoms with Crippen LogP contribution in [0.1, 0.15) is 31.1 Å². The van der Waals surface area contributed by atoms with Crippen molar-refractivity contribution in [3.8, 4) is 11.8 Å². The summed E-state index contributed by atoms with van der Waals surface area (Å²) in [5.74, 6) is 5.47. The molecule has 1 aromatic heterocycles. The number of hydrogen-bond donors (Lipinski definition) is 2. The maximum Gasteiger partial charge on any atom is 0.290 e. The largest absolute Gasteiger partial charge is 0.483 e. The number of rotatable bonds is 1. The first kappa shape index (κ1) is 16.5. The van der Waals surface area contributed by atoms with E-state index in [4.69, 9.17) is 9.90 Å². The molecule has 0 unspecified atom stereocenters. The van der Waals surface area contributed by atoms with Gasteiger partial charge in [-0.1, -0.05) is 18.2 Å². The van der Waals surface area contributed by atoms with Crippen molar-refractivity contribution in [3.63, 3.8) is 0 Å². The first-order valence-electron chi connectivity index (χ1n) is 5.60. The van der Waals surface area contributed by atoms with E-state index in [1.807, 2.05) is 38.1 Å². The molecule has 0 saturated carbocycles. The summed E-state index contributed by atoms with van der Waals surface area (Å²) in [6, 6.07) is 7.79. The number of nitrogens with one attached hydrogen (secondary N) is 1. The van der Waals surface area contributed by atoms with E-state index < -0.39 is 0 Å². The number of H-pyrrole nitrogens is 1. The normalized spacial score (nSPS) is 7.95. The molecule has 0 atom stereocenters. The smallest absolute Gasteiger partial charge is 0.290 e. The summed E-state index contributed by atoms with van der Waals surface area (Å²) in [7, 11) is 0. The molecule has 0 fully saturated rings. The number of Topliss-reactive ketones (excluding diaryl/α,β-unsaturated/α-hetero) is 1. The molecule has 0 radical (unpaired) electrons. The van der Waals surface area contributed by atoms with Gasteiger partial charge in [-0.3, -0.25) is 9.59 Å². The zero-order valence-electron chi connectivity index (χ0n) is 11.2. The monoisotopic (exact) mass is 259 g/mol. The Labute approximate surface area is 112 Å². The van der Waals surface area contributed by atoms with Crippen molar-refractivity contribution in [3.05, 3.63) is 36.0 Å².